The molecule has 1 amide bonds. The predicted molar refractivity (Wildman–Crippen MR) is 93.4 cm³/mol. The van der Waals surface area contributed by atoms with Crippen LogP contribution in [0, 0.1) is 6.92 Å². The summed E-state index contributed by atoms with van der Waals surface area (Å²) >= 11 is 0. The molecule has 0 aliphatic carbocycles. The smallest absolute Gasteiger partial charge is 0.238 e. The van der Waals surface area contributed by atoms with E-state index in [1.807, 2.05) is 48.9 Å². The Labute approximate surface area is 138 Å². The first kappa shape index (κ1) is 17.2. The van der Waals surface area contributed by atoms with Gasteiger partial charge in [-0.3, -0.25) is 14.4 Å². The lowest BCUT2D eigenvalue weighted by Gasteiger charge is -2.16. The molecule has 0 atom stereocenters. The summed E-state index contributed by atoms with van der Waals surface area (Å²) in [6.07, 6.45) is 1.86. The summed E-state index contributed by atoms with van der Waals surface area (Å²) in [5, 5.41) is 7.17. The minimum Gasteiger partial charge on any atom is -0.325 e. The van der Waals surface area contributed by atoms with Gasteiger partial charge in [-0.1, -0.05) is 26.0 Å². The Hall–Kier alpha value is -2.14. The van der Waals surface area contributed by atoms with Crippen molar-refractivity contribution in [2.24, 2.45) is 7.05 Å². The second-order valence-electron chi connectivity index (χ2n) is 6.38. The zero-order chi connectivity index (χ0) is 17.0. The summed E-state index contributed by atoms with van der Waals surface area (Å²) in [6.45, 7) is 7.40. The van der Waals surface area contributed by atoms with Gasteiger partial charge in [0.25, 0.3) is 0 Å². The van der Waals surface area contributed by atoms with Crippen molar-refractivity contribution in [3.8, 4) is 0 Å². The number of nitrogens with one attached hydrogen (secondary N) is 1. The molecule has 124 valence electrons. The molecule has 0 fully saturated rings. The van der Waals surface area contributed by atoms with Crippen molar-refractivity contribution in [1.82, 2.24) is 14.7 Å². The Kier molecular flexibility index (Phi) is 5.55. The van der Waals surface area contributed by atoms with Crippen LogP contribution in [0.4, 0.5) is 5.69 Å². The highest BCUT2D eigenvalue weighted by molar-refractivity contribution is 5.92. The molecule has 1 N–H and O–H groups in total. The molecule has 0 unspecified atom stereocenters. The number of aromatic nitrogens is 2. The number of aryl methyl sites for hydroxylation is 1. The lowest BCUT2D eigenvalue weighted by molar-refractivity contribution is -0.117. The zero-order valence-electron chi connectivity index (χ0n) is 14.6. The van der Waals surface area contributed by atoms with Crippen molar-refractivity contribution in [1.29, 1.82) is 0 Å². The SMILES string of the molecule is Cc1c(CN(C)CC(=O)Nc2ccc(C(C)C)cc2)cnn1C. The third-order valence-corrected chi connectivity index (χ3v) is 4.05. The molecular formula is C18H26N4O. The summed E-state index contributed by atoms with van der Waals surface area (Å²) in [7, 11) is 3.86. The van der Waals surface area contributed by atoms with Crippen molar-refractivity contribution in [2.75, 3.05) is 18.9 Å². The average molecular weight is 314 g/mol. The van der Waals surface area contributed by atoms with Gasteiger partial charge in [-0.15, -0.1) is 0 Å². The van der Waals surface area contributed by atoms with Crippen LogP contribution >= 0.6 is 0 Å². The van der Waals surface area contributed by atoms with Gasteiger partial charge >= 0.3 is 0 Å². The summed E-state index contributed by atoms with van der Waals surface area (Å²) in [6, 6.07) is 8.03. The first-order chi connectivity index (χ1) is 10.9. The molecule has 0 saturated carbocycles. The number of rotatable bonds is 6. The van der Waals surface area contributed by atoms with Crippen LogP contribution in [0.25, 0.3) is 0 Å². The number of anilines is 1. The number of carbonyl (C=O) groups excluding carboxylic acids is 1. The largest absolute Gasteiger partial charge is 0.325 e. The highest BCUT2D eigenvalue weighted by Crippen LogP contribution is 2.17. The Morgan fingerprint density at radius 2 is 1.96 bits per heavy atom. The van der Waals surface area contributed by atoms with E-state index in [2.05, 4.69) is 36.4 Å². The quantitative estimate of drug-likeness (QED) is 0.892. The molecule has 1 heterocycles. The van der Waals surface area contributed by atoms with Crippen molar-refractivity contribution < 1.29 is 4.79 Å². The van der Waals surface area contributed by atoms with Crippen LogP contribution in [0.2, 0.25) is 0 Å². The maximum Gasteiger partial charge on any atom is 0.238 e. The van der Waals surface area contributed by atoms with E-state index < -0.39 is 0 Å². The number of amides is 1. The van der Waals surface area contributed by atoms with E-state index in [-0.39, 0.29) is 5.91 Å². The summed E-state index contributed by atoms with van der Waals surface area (Å²) in [4.78, 5) is 14.1. The molecule has 0 aliphatic rings. The van der Waals surface area contributed by atoms with Gasteiger partial charge in [0, 0.05) is 30.5 Å². The highest BCUT2D eigenvalue weighted by Gasteiger charge is 2.11. The van der Waals surface area contributed by atoms with Gasteiger partial charge in [0.2, 0.25) is 5.91 Å². The van der Waals surface area contributed by atoms with Gasteiger partial charge in [-0.2, -0.15) is 5.10 Å². The van der Waals surface area contributed by atoms with Gasteiger partial charge in [0.1, 0.15) is 0 Å². The molecule has 0 bridgehead atoms. The monoisotopic (exact) mass is 314 g/mol. The molecule has 1 aromatic carbocycles. The lowest BCUT2D eigenvalue weighted by Crippen LogP contribution is -2.30. The van der Waals surface area contributed by atoms with E-state index >= 15 is 0 Å². The Morgan fingerprint density at radius 1 is 1.30 bits per heavy atom. The highest BCUT2D eigenvalue weighted by atomic mass is 16.2. The van der Waals surface area contributed by atoms with Crippen LogP contribution in [-0.2, 0) is 18.4 Å². The van der Waals surface area contributed by atoms with Crippen LogP contribution in [0.1, 0.15) is 36.6 Å². The van der Waals surface area contributed by atoms with Crippen LogP contribution < -0.4 is 5.32 Å². The standard InChI is InChI=1S/C18H26N4O/c1-13(2)15-6-8-17(9-7-15)20-18(23)12-21(4)11-16-10-19-22(5)14(16)3/h6-10,13H,11-12H2,1-5H3,(H,20,23). The van der Waals surface area contributed by atoms with Crippen molar-refractivity contribution >= 4 is 11.6 Å². The maximum absolute atomic E-state index is 12.1. The van der Waals surface area contributed by atoms with Crippen LogP contribution in [0.15, 0.2) is 30.5 Å². The average Bonchev–Trinajstić information content (AvgIpc) is 2.79. The van der Waals surface area contributed by atoms with Gasteiger partial charge in [-0.05, 0) is 37.6 Å². The topological polar surface area (TPSA) is 50.2 Å². The van der Waals surface area contributed by atoms with E-state index in [0.29, 0.717) is 19.0 Å². The Balaban J connectivity index is 1.87. The molecule has 2 rings (SSSR count). The predicted octanol–water partition coefficient (Wildman–Crippen LogP) is 2.92. The fourth-order valence-corrected chi connectivity index (χ4v) is 2.44. The second-order valence-corrected chi connectivity index (χ2v) is 6.38. The minimum atomic E-state index is -0.00802. The molecule has 5 nitrogen and oxygen atoms in total. The van der Waals surface area contributed by atoms with Crippen LogP contribution in [0.3, 0.4) is 0 Å². The normalized spacial score (nSPS) is 11.3. The molecule has 0 saturated heterocycles. The van der Waals surface area contributed by atoms with Crippen molar-refractivity contribution in [3.05, 3.63) is 47.3 Å². The van der Waals surface area contributed by atoms with E-state index in [0.717, 1.165) is 16.9 Å². The molecule has 0 aliphatic heterocycles. The van der Waals surface area contributed by atoms with E-state index in [4.69, 9.17) is 0 Å². The summed E-state index contributed by atoms with van der Waals surface area (Å²) in [5.41, 5.74) is 4.38. The van der Waals surface area contributed by atoms with E-state index in [1.165, 1.54) is 5.56 Å². The number of hydrogen-bond donors (Lipinski definition) is 1. The third kappa shape index (κ3) is 4.66. The summed E-state index contributed by atoms with van der Waals surface area (Å²) in [5.74, 6) is 0.486. The maximum atomic E-state index is 12.1. The number of benzene rings is 1. The van der Waals surface area contributed by atoms with Crippen LogP contribution in [-0.4, -0.2) is 34.2 Å². The Bertz CT molecular complexity index is 658. The fraction of sp³-hybridized carbons (Fsp3) is 0.444. The number of nitrogens with zero attached hydrogens (tertiary/aromatic N) is 3. The fourth-order valence-electron chi connectivity index (χ4n) is 2.44. The van der Waals surface area contributed by atoms with Gasteiger partial charge in [0.05, 0.1) is 12.7 Å². The number of likely N-dealkylation sites (N-methyl/N-ethyl adjacent to an activating group) is 1. The minimum absolute atomic E-state index is 0.00802. The van der Waals surface area contributed by atoms with Crippen LogP contribution in [0.5, 0.6) is 0 Å². The summed E-state index contributed by atoms with van der Waals surface area (Å²) < 4.78 is 1.85. The first-order valence-electron chi connectivity index (χ1n) is 7.92. The van der Waals surface area contributed by atoms with Gasteiger partial charge < -0.3 is 5.32 Å². The number of hydrogen-bond acceptors (Lipinski definition) is 3. The Morgan fingerprint density at radius 3 is 2.48 bits per heavy atom. The second kappa shape index (κ2) is 7.42. The molecule has 5 heteroatoms. The first-order valence-corrected chi connectivity index (χ1v) is 7.92. The number of carbonyl (C=O) groups is 1. The molecule has 1 aromatic heterocycles. The molecule has 0 spiro atoms. The van der Waals surface area contributed by atoms with Crippen molar-refractivity contribution in [2.45, 2.75) is 33.2 Å². The molecule has 2 aromatic rings. The van der Waals surface area contributed by atoms with E-state index in [1.54, 1.807) is 0 Å². The molecule has 23 heavy (non-hydrogen) atoms. The van der Waals surface area contributed by atoms with Crippen molar-refractivity contribution in [3.63, 3.8) is 0 Å². The third-order valence-electron chi connectivity index (χ3n) is 4.05. The molecular weight excluding hydrogens is 288 g/mol. The van der Waals surface area contributed by atoms with Gasteiger partial charge in [-0.25, -0.2) is 0 Å². The molecule has 0 radical (unpaired) electrons. The van der Waals surface area contributed by atoms with E-state index in [9.17, 15) is 4.79 Å². The lowest BCUT2D eigenvalue weighted by atomic mass is 10.0. The zero-order valence-corrected chi connectivity index (χ0v) is 14.6. The van der Waals surface area contributed by atoms with Gasteiger partial charge in [0.15, 0.2) is 0 Å².